The number of carbonyl (C=O) groups excluding carboxylic acids is 1. The fourth-order valence-corrected chi connectivity index (χ4v) is 2.44. The molecule has 1 atom stereocenters. The molecule has 1 aromatic carbocycles. The van der Waals surface area contributed by atoms with Crippen LogP contribution in [0.15, 0.2) is 18.2 Å². The highest BCUT2D eigenvalue weighted by molar-refractivity contribution is 5.80. The Hall–Kier alpha value is -1.96. The van der Waals surface area contributed by atoms with Crippen LogP contribution in [0.25, 0.3) is 0 Å². The van der Waals surface area contributed by atoms with E-state index in [0.29, 0.717) is 17.1 Å². The Kier molecular flexibility index (Phi) is 5.35. The van der Waals surface area contributed by atoms with Crippen LogP contribution >= 0.6 is 0 Å². The van der Waals surface area contributed by atoms with E-state index in [-0.39, 0.29) is 19.6 Å². The number of methoxy groups -OCH3 is 2. The highest BCUT2D eigenvalue weighted by Gasteiger charge is 2.44. The minimum absolute atomic E-state index is 0.0645. The smallest absolute Gasteiger partial charge is 0.416 e. The van der Waals surface area contributed by atoms with E-state index in [2.05, 4.69) is 0 Å². The number of nitrogens with zero attached hydrogens (tertiary/aromatic N) is 1. The first-order valence-electron chi connectivity index (χ1n) is 7.02. The summed E-state index contributed by atoms with van der Waals surface area (Å²) in [5.74, 6) is 0.464. The van der Waals surface area contributed by atoms with E-state index in [1.807, 2.05) is 0 Å². The third-order valence-corrected chi connectivity index (χ3v) is 3.61. The van der Waals surface area contributed by atoms with Crippen molar-refractivity contribution in [3.05, 3.63) is 23.8 Å². The third kappa shape index (κ3) is 4.07. The maximum atomic E-state index is 12.7. The van der Waals surface area contributed by atoms with Crippen LogP contribution in [0, 0.1) is 0 Å². The van der Waals surface area contributed by atoms with Gasteiger partial charge in [-0.15, -0.1) is 0 Å². The average molecular weight is 333 g/mol. The summed E-state index contributed by atoms with van der Waals surface area (Å²) in [6.45, 7) is -0.489. The molecule has 0 aliphatic carbocycles. The van der Waals surface area contributed by atoms with E-state index in [0.717, 1.165) is 0 Å². The zero-order chi connectivity index (χ0) is 17.0. The summed E-state index contributed by atoms with van der Waals surface area (Å²) in [6, 6.07) is 5.06. The van der Waals surface area contributed by atoms with E-state index < -0.39 is 24.7 Å². The average Bonchev–Trinajstić information content (AvgIpc) is 2.53. The van der Waals surface area contributed by atoms with E-state index >= 15 is 0 Å². The minimum atomic E-state index is -4.48. The van der Waals surface area contributed by atoms with Gasteiger partial charge in [-0.2, -0.15) is 13.2 Å². The van der Waals surface area contributed by atoms with Crippen molar-refractivity contribution in [2.45, 2.75) is 18.7 Å². The van der Waals surface area contributed by atoms with Crippen molar-refractivity contribution >= 4 is 5.91 Å². The van der Waals surface area contributed by atoms with Crippen molar-refractivity contribution in [3.63, 3.8) is 0 Å². The molecule has 1 aliphatic rings. The van der Waals surface area contributed by atoms with E-state index in [9.17, 15) is 18.0 Å². The van der Waals surface area contributed by atoms with Gasteiger partial charge in [-0.3, -0.25) is 4.79 Å². The molecule has 2 rings (SSSR count). The van der Waals surface area contributed by atoms with Gasteiger partial charge >= 0.3 is 6.18 Å². The maximum Gasteiger partial charge on any atom is 0.416 e. The second kappa shape index (κ2) is 7.08. The summed E-state index contributed by atoms with van der Waals surface area (Å²) in [4.78, 5) is 13.5. The number of rotatable bonds is 4. The molecule has 1 amide bonds. The van der Waals surface area contributed by atoms with Gasteiger partial charge < -0.3 is 19.1 Å². The molecule has 1 heterocycles. The highest BCUT2D eigenvalue weighted by Crippen LogP contribution is 2.31. The summed E-state index contributed by atoms with van der Waals surface area (Å²) in [7, 11) is 2.92. The Bertz CT molecular complexity index is 562. The van der Waals surface area contributed by atoms with Crippen molar-refractivity contribution in [2.75, 3.05) is 33.9 Å². The normalized spacial score (nSPS) is 18.7. The lowest BCUT2D eigenvalue weighted by molar-refractivity contribution is -0.236. The fraction of sp³-hybridized carbons (Fsp3) is 0.533. The van der Waals surface area contributed by atoms with Crippen molar-refractivity contribution in [3.8, 4) is 11.5 Å². The number of benzene rings is 1. The molecule has 1 saturated heterocycles. The Morgan fingerprint density at radius 2 is 2.09 bits per heavy atom. The quantitative estimate of drug-likeness (QED) is 0.846. The molecule has 1 aromatic rings. The van der Waals surface area contributed by atoms with E-state index in [1.54, 1.807) is 18.2 Å². The lowest BCUT2D eigenvalue weighted by Gasteiger charge is -2.34. The first-order valence-corrected chi connectivity index (χ1v) is 7.02. The number of para-hydroxylation sites is 1. The number of morpholine rings is 1. The summed E-state index contributed by atoms with van der Waals surface area (Å²) in [5, 5.41) is 0. The summed E-state index contributed by atoms with van der Waals surface area (Å²) < 4.78 is 53.2. The van der Waals surface area contributed by atoms with Gasteiger partial charge in [0.25, 0.3) is 0 Å². The monoisotopic (exact) mass is 333 g/mol. The van der Waals surface area contributed by atoms with E-state index in [4.69, 9.17) is 14.2 Å². The second-order valence-electron chi connectivity index (χ2n) is 5.07. The molecule has 0 N–H and O–H groups in total. The summed E-state index contributed by atoms with van der Waals surface area (Å²) in [6.07, 6.45) is -6.48. The first kappa shape index (κ1) is 17.4. The molecule has 1 unspecified atom stereocenters. The number of halogens is 3. The predicted octanol–water partition coefficient (Wildman–Crippen LogP) is 2.04. The lowest BCUT2D eigenvalue weighted by atomic mass is 10.1. The molecule has 128 valence electrons. The van der Waals surface area contributed by atoms with Crippen LogP contribution in [0.1, 0.15) is 5.56 Å². The Morgan fingerprint density at radius 1 is 1.35 bits per heavy atom. The standard InChI is InChI=1S/C15H18F3NO4/c1-21-11-5-3-4-10(14(11)22-2)8-13(20)19-6-7-23-12(9-19)15(16,17)18/h3-5,12H,6-9H2,1-2H3. The molecule has 0 aromatic heterocycles. The van der Waals surface area contributed by atoms with E-state index in [1.165, 1.54) is 19.1 Å². The molecule has 0 bridgehead atoms. The topological polar surface area (TPSA) is 48.0 Å². The minimum Gasteiger partial charge on any atom is -0.493 e. The zero-order valence-electron chi connectivity index (χ0n) is 12.9. The zero-order valence-corrected chi connectivity index (χ0v) is 12.9. The predicted molar refractivity (Wildman–Crippen MR) is 75.6 cm³/mol. The van der Waals surface area contributed by atoms with Gasteiger partial charge in [0, 0.05) is 12.1 Å². The molecule has 1 fully saturated rings. The Morgan fingerprint density at radius 3 is 2.70 bits per heavy atom. The molecule has 1 aliphatic heterocycles. The molecule has 8 heteroatoms. The number of carbonyl (C=O) groups is 1. The largest absolute Gasteiger partial charge is 0.493 e. The van der Waals surface area contributed by atoms with Crippen LogP contribution in [0.5, 0.6) is 11.5 Å². The number of hydrogen-bond donors (Lipinski definition) is 0. The number of hydrogen-bond acceptors (Lipinski definition) is 4. The second-order valence-corrected chi connectivity index (χ2v) is 5.07. The SMILES string of the molecule is COc1cccc(CC(=O)N2CCOC(C(F)(F)F)C2)c1OC. The highest BCUT2D eigenvalue weighted by atomic mass is 19.4. The first-order chi connectivity index (χ1) is 10.9. The van der Waals surface area contributed by atoms with Crippen LogP contribution in [-0.4, -0.2) is 57.0 Å². The summed E-state index contributed by atoms with van der Waals surface area (Å²) in [5.41, 5.74) is 0.562. The van der Waals surface area contributed by atoms with Crippen molar-refractivity contribution in [2.24, 2.45) is 0 Å². The summed E-state index contributed by atoms with van der Waals surface area (Å²) >= 11 is 0. The van der Waals surface area contributed by atoms with Crippen molar-refractivity contribution in [1.82, 2.24) is 4.90 Å². The molecule has 23 heavy (non-hydrogen) atoms. The van der Waals surface area contributed by atoms with Crippen LogP contribution in [0.2, 0.25) is 0 Å². The molecule has 0 saturated carbocycles. The van der Waals surface area contributed by atoms with Gasteiger partial charge in [0.1, 0.15) is 0 Å². The Balaban J connectivity index is 2.10. The number of amides is 1. The fourth-order valence-electron chi connectivity index (χ4n) is 2.44. The van der Waals surface area contributed by atoms with Crippen molar-refractivity contribution in [1.29, 1.82) is 0 Å². The molecular formula is C15H18F3NO4. The van der Waals surface area contributed by atoms with Crippen LogP contribution < -0.4 is 9.47 Å². The molecule has 0 spiro atoms. The number of ether oxygens (including phenoxy) is 3. The van der Waals surface area contributed by atoms with Gasteiger partial charge in [0.2, 0.25) is 5.91 Å². The van der Waals surface area contributed by atoms with Crippen LogP contribution in [-0.2, 0) is 16.0 Å². The van der Waals surface area contributed by atoms with Gasteiger partial charge in [0.15, 0.2) is 17.6 Å². The number of alkyl halides is 3. The third-order valence-electron chi connectivity index (χ3n) is 3.61. The van der Waals surface area contributed by atoms with Crippen LogP contribution in [0.4, 0.5) is 13.2 Å². The van der Waals surface area contributed by atoms with Crippen molar-refractivity contribution < 1.29 is 32.2 Å². The van der Waals surface area contributed by atoms with Gasteiger partial charge in [-0.05, 0) is 6.07 Å². The van der Waals surface area contributed by atoms with Crippen LogP contribution in [0.3, 0.4) is 0 Å². The molecule has 5 nitrogen and oxygen atoms in total. The lowest BCUT2D eigenvalue weighted by Crippen LogP contribution is -2.51. The molecule has 0 radical (unpaired) electrons. The Labute approximate surface area is 131 Å². The van der Waals surface area contributed by atoms with Gasteiger partial charge in [-0.25, -0.2) is 0 Å². The van der Waals surface area contributed by atoms with Gasteiger partial charge in [-0.1, -0.05) is 12.1 Å². The van der Waals surface area contributed by atoms with Gasteiger partial charge in [0.05, 0.1) is 33.8 Å². The maximum absolute atomic E-state index is 12.7. The molecular weight excluding hydrogens is 315 g/mol.